The fourth-order valence-electron chi connectivity index (χ4n) is 2.73. The Morgan fingerprint density at radius 1 is 1.00 bits per heavy atom. The van der Waals surface area contributed by atoms with Crippen molar-refractivity contribution >= 4 is 22.9 Å². The molecule has 1 heterocycles. The van der Waals surface area contributed by atoms with Crippen LogP contribution in [-0.4, -0.2) is 25.4 Å². The van der Waals surface area contributed by atoms with Gasteiger partial charge in [0.25, 0.3) is 0 Å². The van der Waals surface area contributed by atoms with Crippen LogP contribution in [0.2, 0.25) is 0 Å². The Morgan fingerprint density at radius 2 is 1.84 bits per heavy atom. The number of ether oxygens (including phenoxy) is 2. The molecule has 0 radical (unpaired) electrons. The molecule has 5 heteroatoms. The molecule has 0 atom stereocenters. The number of benzene rings is 2. The molecule has 25 heavy (non-hydrogen) atoms. The van der Waals surface area contributed by atoms with Gasteiger partial charge in [-0.3, -0.25) is 5.43 Å². The Kier molecular flexibility index (Phi) is 4.84. The average Bonchev–Trinajstić information content (AvgIpc) is 2.62. The molecule has 0 saturated heterocycles. The third-order valence-electron chi connectivity index (χ3n) is 4.07. The van der Waals surface area contributed by atoms with Crippen molar-refractivity contribution in [3.05, 3.63) is 59.2 Å². The molecule has 0 bridgehead atoms. The second-order valence-electron chi connectivity index (χ2n) is 5.77. The summed E-state index contributed by atoms with van der Waals surface area (Å²) >= 11 is 0. The first-order chi connectivity index (χ1) is 12.1. The summed E-state index contributed by atoms with van der Waals surface area (Å²) in [4.78, 5) is 4.66. The molecular formula is C20H21N3O2. The van der Waals surface area contributed by atoms with Crippen LogP contribution in [0.25, 0.3) is 10.9 Å². The Morgan fingerprint density at radius 3 is 2.60 bits per heavy atom. The minimum atomic E-state index is 0.706. The van der Waals surface area contributed by atoms with Crippen LogP contribution < -0.4 is 14.9 Å². The maximum absolute atomic E-state index is 5.35. The largest absolute Gasteiger partial charge is 0.497 e. The van der Waals surface area contributed by atoms with Gasteiger partial charge in [-0.25, -0.2) is 4.98 Å². The fourth-order valence-corrected chi connectivity index (χ4v) is 2.73. The summed E-state index contributed by atoms with van der Waals surface area (Å²) in [7, 11) is 3.26. The van der Waals surface area contributed by atoms with Gasteiger partial charge in [0.2, 0.25) is 0 Å². The lowest BCUT2D eigenvalue weighted by atomic mass is 10.1. The zero-order valence-electron chi connectivity index (χ0n) is 14.8. The third-order valence-corrected chi connectivity index (χ3v) is 4.07. The van der Waals surface area contributed by atoms with E-state index in [2.05, 4.69) is 41.5 Å². The number of para-hydroxylation sites is 1. The van der Waals surface area contributed by atoms with Gasteiger partial charge in [0.05, 0.1) is 26.0 Å². The molecule has 0 spiro atoms. The first kappa shape index (κ1) is 16.8. The summed E-state index contributed by atoms with van der Waals surface area (Å²) in [5, 5.41) is 5.46. The molecule has 3 rings (SSSR count). The zero-order chi connectivity index (χ0) is 17.8. The van der Waals surface area contributed by atoms with Crippen LogP contribution in [0.15, 0.2) is 47.6 Å². The van der Waals surface area contributed by atoms with Gasteiger partial charge >= 0.3 is 0 Å². The number of aromatic nitrogens is 1. The Bertz CT molecular complexity index is 936. The molecule has 0 fully saturated rings. The molecule has 5 nitrogen and oxygen atoms in total. The molecule has 0 saturated carbocycles. The van der Waals surface area contributed by atoms with Gasteiger partial charge in [-0.05, 0) is 49.2 Å². The van der Waals surface area contributed by atoms with Crippen molar-refractivity contribution in [2.45, 2.75) is 13.8 Å². The van der Waals surface area contributed by atoms with Gasteiger partial charge in [-0.15, -0.1) is 0 Å². The summed E-state index contributed by atoms with van der Waals surface area (Å²) < 4.78 is 10.6. The highest BCUT2D eigenvalue weighted by Gasteiger charge is 2.05. The van der Waals surface area contributed by atoms with Crippen LogP contribution in [0.3, 0.4) is 0 Å². The maximum Gasteiger partial charge on any atom is 0.147 e. The molecule has 128 valence electrons. The third kappa shape index (κ3) is 3.55. The van der Waals surface area contributed by atoms with Crippen molar-refractivity contribution in [3.63, 3.8) is 0 Å². The van der Waals surface area contributed by atoms with E-state index in [0.717, 1.165) is 39.1 Å². The van der Waals surface area contributed by atoms with Crippen molar-refractivity contribution in [2.75, 3.05) is 19.6 Å². The first-order valence-electron chi connectivity index (χ1n) is 8.00. The van der Waals surface area contributed by atoms with Crippen molar-refractivity contribution in [1.29, 1.82) is 0 Å². The monoisotopic (exact) mass is 335 g/mol. The summed E-state index contributed by atoms with van der Waals surface area (Å²) in [6.45, 7) is 4.13. The molecule has 0 unspecified atom stereocenters. The van der Waals surface area contributed by atoms with E-state index in [1.807, 2.05) is 30.3 Å². The molecule has 1 N–H and O–H groups in total. The quantitative estimate of drug-likeness (QED) is 0.557. The summed E-state index contributed by atoms with van der Waals surface area (Å²) in [6.07, 6.45) is 1.69. The van der Waals surface area contributed by atoms with E-state index >= 15 is 0 Å². The number of nitrogens with one attached hydrogen (secondary N) is 1. The van der Waals surface area contributed by atoms with E-state index in [4.69, 9.17) is 9.47 Å². The van der Waals surface area contributed by atoms with Crippen LogP contribution in [0.5, 0.6) is 11.5 Å². The van der Waals surface area contributed by atoms with E-state index in [0.29, 0.717) is 5.82 Å². The smallest absolute Gasteiger partial charge is 0.147 e. The molecule has 2 aromatic carbocycles. The highest BCUT2D eigenvalue weighted by atomic mass is 16.5. The predicted molar refractivity (Wildman–Crippen MR) is 102 cm³/mol. The Hall–Kier alpha value is -3.08. The number of nitrogens with zero attached hydrogens (tertiary/aromatic N) is 2. The number of rotatable bonds is 5. The maximum atomic E-state index is 5.35. The second kappa shape index (κ2) is 7.21. The van der Waals surface area contributed by atoms with E-state index in [1.165, 1.54) is 0 Å². The van der Waals surface area contributed by atoms with Crippen molar-refractivity contribution in [2.24, 2.45) is 5.10 Å². The fraction of sp³-hybridized carbons (Fsp3) is 0.200. The standard InChI is InChI=1S/C20H21N3O2/c1-13-6-5-7-17-14(2)10-19(22-20(13)17)23-21-12-15-11-16(24-3)8-9-18(15)25-4/h5-12H,1-4H3,(H,22,23)/b21-12-. The predicted octanol–water partition coefficient (Wildman–Crippen LogP) is 4.31. The molecule has 0 aliphatic heterocycles. The molecule has 0 aliphatic carbocycles. The van der Waals surface area contributed by atoms with Gasteiger partial charge < -0.3 is 9.47 Å². The number of hydrogen-bond donors (Lipinski definition) is 1. The lowest BCUT2D eigenvalue weighted by Crippen LogP contribution is -1.98. The zero-order valence-corrected chi connectivity index (χ0v) is 14.8. The van der Waals surface area contributed by atoms with E-state index < -0.39 is 0 Å². The van der Waals surface area contributed by atoms with E-state index in [1.54, 1.807) is 20.4 Å². The highest BCUT2D eigenvalue weighted by molar-refractivity contribution is 5.87. The topological polar surface area (TPSA) is 55.7 Å². The van der Waals surface area contributed by atoms with Crippen molar-refractivity contribution in [3.8, 4) is 11.5 Å². The lowest BCUT2D eigenvalue weighted by molar-refractivity contribution is 0.402. The van der Waals surface area contributed by atoms with Gasteiger partial charge in [0, 0.05) is 10.9 Å². The summed E-state index contributed by atoms with van der Waals surface area (Å²) in [5.74, 6) is 2.18. The van der Waals surface area contributed by atoms with Gasteiger partial charge in [-0.2, -0.15) is 5.10 Å². The number of anilines is 1. The first-order valence-corrected chi connectivity index (χ1v) is 8.00. The minimum absolute atomic E-state index is 0.706. The van der Waals surface area contributed by atoms with Gasteiger partial charge in [-0.1, -0.05) is 18.2 Å². The van der Waals surface area contributed by atoms with E-state index in [-0.39, 0.29) is 0 Å². The molecule has 0 amide bonds. The SMILES string of the molecule is COc1ccc(OC)c(/C=N\Nc2cc(C)c3cccc(C)c3n2)c1. The highest BCUT2D eigenvalue weighted by Crippen LogP contribution is 2.24. The minimum Gasteiger partial charge on any atom is -0.497 e. The van der Waals surface area contributed by atoms with Gasteiger partial charge in [0.1, 0.15) is 17.3 Å². The molecule has 0 aliphatic rings. The number of aryl methyl sites for hydroxylation is 2. The van der Waals surface area contributed by atoms with Gasteiger partial charge in [0.15, 0.2) is 0 Å². The Balaban J connectivity index is 1.88. The molecular weight excluding hydrogens is 314 g/mol. The number of methoxy groups -OCH3 is 2. The van der Waals surface area contributed by atoms with Crippen LogP contribution in [-0.2, 0) is 0 Å². The number of hydrazone groups is 1. The average molecular weight is 335 g/mol. The second-order valence-corrected chi connectivity index (χ2v) is 5.77. The number of pyridine rings is 1. The summed E-state index contributed by atoms with van der Waals surface area (Å²) in [6, 6.07) is 13.7. The van der Waals surface area contributed by atoms with Crippen LogP contribution in [0, 0.1) is 13.8 Å². The van der Waals surface area contributed by atoms with Crippen LogP contribution in [0.1, 0.15) is 16.7 Å². The molecule has 3 aromatic rings. The van der Waals surface area contributed by atoms with E-state index in [9.17, 15) is 0 Å². The normalized spacial score (nSPS) is 11.0. The van der Waals surface area contributed by atoms with Crippen LogP contribution >= 0.6 is 0 Å². The Labute approximate surface area is 147 Å². The lowest BCUT2D eigenvalue weighted by Gasteiger charge is -2.08. The van der Waals surface area contributed by atoms with Crippen molar-refractivity contribution < 1.29 is 9.47 Å². The van der Waals surface area contributed by atoms with Crippen molar-refractivity contribution in [1.82, 2.24) is 4.98 Å². The molecule has 1 aromatic heterocycles. The number of fused-ring (bicyclic) bond motifs is 1. The summed E-state index contributed by atoms with van der Waals surface area (Å²) in [5.41, 5.74) is 7.11. The number of hydrogen-bond acceptors (Lipinski definition) is 5. The van der Waals surface area contributed by atoms with Crippen LogP contribution in [0.4, 0.5) is 5.82 Å².